The van der Waals surface area contributed by atoms with Gasteiger partial charge in [0, 0.05) is 19.2 Å². The molecule has 0 spiro atoms. The normalized spacial score (nSPS) is 21.8. The molecule has 0 aromatic carbocycles. The van der Waals surface area contributed by atoms with Crippen molar-refractivity contribution in [2.75, 3.05) is 23.8 Å². The SMILES string of the molecule is CCCNc1cc([N+](=O)[O-])cc(NC2CCOC(C)C2)n1. The molecule has 0 saturated carbocycles. The van der Waals surface area contributed by atoms with Gasteiger partial charge >= 0.3 is 0 Å². The molecule has 21 heavy (non-hydrogen) atoms. The van der Waals surface area contributed by atoms with Gasteiger partial charge in [-0.1, -0.05) is 6.92 Å². The van der Waals surface area contributed by atoms with Crippen LogP contribution in [0.15, 0.2) is 12.1 Å². The number of nitrogens with zero attached hydrogens (tertiary/aromatic N) is 2. The van der Waals surface area contributed by atoms with Gasteiger partial charge in [-0.05, 0) is 26.2 Å². The number of hydrogen-bond donors (Lipinski definition) is 2. The van der Waals surface area contributed by atoms with E-state index in [2.05, 4.69) is 15.6 Å². The zero-order valence-electron chi connectivity index (χ0n) is 12.5. The number of pyridine rings is 1. The summed E-state index contributed by atoms with van der Waals surface area (Å²) in [6.07, 6.45) is 2.90. The predicted molar refractivity (Wildman–Crippen MR) is 81.7 cm³/mol. The summed E-state index contributed by atoms with van der Waals surface area (Å²) in [7, 11) is 0. The lowest BCUT2D eigenvalue weighted by Gasteiger charge is -2.28. The fourth-order valence-corrected chi connectivity index (χ4v) is 2.38. The summed E-state index contributed by atoms with van der Waals surface area (Å²) < 4.78 is 5.50. The molecule has 2 N–H and O–H groups in total. The minimum Gasteiger partial charge on any atom is -0.378 e. The Balaban J connectivity index is 2.12. The molecule has 0 aliphatic carbocycles. The second kappa shape index (κ2) is 7.21. The Morgan fingerprint density at radius 3 is 2.90 bits per heavy atom. The van der Waals surface area contributed by atoms with E-state index in [0.717, 1.165) is 25.8 Å². The van der Waals surface area contributed by atoms with Gasteiger partial charge in [0.25, 0.3) is 5.69 Å². The van der Waals surface area contributed by atoms with Gasteiger partial charge in [-0.3, -0.25) is 10.1 Å². The second-order valence-corrected chi connectivity index (χ2v) is 5.33. The van der Waals surface area contributed by atoms with Crippen LogP contribution in [0.25, 0.3) is 0 Å². The van der Waals surface area contributed by atoms with Crippen LogP contribution >= 0.6 is 0 Å². The maximum absolute atomic E-state index is 11.0. The van der Waals surface area contributed by atoms with Gasteiger partial charge in [-0.25, -0.2) is 4.98 Å². The molecule has 1 aliphatic rings. The van der Waals surface area contributed by atoms with Crippen LogP contribution < -0.4 is 10.6 Å². The Labute approximate surface area is 124 Å². The first kappa shape index (κ1) is 15.5. The summed E-state index contributed by atoms with van der Waals surface area (Å²) >= 11 is 0. The van der Waals surface area contributed by atoms with E-state index < -0.39 is 4.92 Å². The first-order chi connectivity index (χ1) is 10.1. The number of ether oxygens (including phenoxy) is 1. The Morgan fingerprint density at radius 1 is 1.48 bits per heavy atom. The lowest BCUT2D eigenvalue weighted by molar-refractivity contribution is -0.384. The van der Waals surface area contributed by atoms with Gasteiger partial charge in [0.2, 0.25) is 0 Å². The maximum atomic E-state index is 11.0. The Hall–Kier alpha value is -1.89. The van der Waals surface area contributed by atoms with E-state index in [1.165, 1.54) is 12.1 Å². The number of nitro groups is 1. The van der Waals surface area contributed by atoms with Crippen LogP contribution in [-0.2, 0) is 4.74 Å². The van der Waals surface area contributed by atoms with E-state index in [4.69, 9.17) is 4.74 Å². The largest absolute Gasteiger partial charge is 0.378 e. The molecule has 7 heteroatoms. The highest BCUT2D eigenvalue weighted by atomic mass is 16.6. The fraction of sp³-hybridized carbons (Fsp3) is 0.643. The molecule has 0 amide bonds. The van der Waals surface area contributed by atoms with Crippen LogP contribution in [0.4, 0.5) is 17.3 Å². The van der Waals surface area contributed by atoms with E-state index in [1.54, 1.807) is 0 Å². The topological polar surface area (TPSA) is 89.3 Å². The zero-order valence-corrected chi connectivity index (χ0v) is 12.5. The van der Waals surface area contributed by atoms with Gasteiger partial charge in [-0.2, -0.15) is 0 Å². The van der Waals surface area contributed by atoms with E-state index in [0.29, 0.717) is 18.2 Å². The second-order valence-electron chi connectivity index (χ2n) is 5.33. The van der Waals surface area contributed by atoms with Crippen molar-refractivity contribution in [3.05, 3.63) is 22.2 Å². The molecule has 0 radical (unpaired) electrons. The summed E-state index contributed by atoms with van der Waals surface area (Å²) in [6, 6.07) is 3.19. The van der Waals surface area contributed by atoms with E-state index in [-0.39, 0.29) is 17.8 Å². The highest BCUT2D eigenvalue weighted by molar-refractivity contribution is 5.55. The number of rotatable bonds is 6. The highest BCUT2D eigenvalue weighted by Crippen LogP contribution is 2.23. The molecule has 0 bridgehead atoms. The van der Waals surface area contributed by atoms with E-state index >= 15 is 0 Å². The molecule has 2 unspecified atom stereocenters. The number of nitrogens with one attached hydrogen (secondary N) is 2. The minimum absolute atomic E-state index is 0.0474. The molecule has 7 nitrogen and oxygen atoms in total. The third-order valence-electron chi connectivity index (χ3n) is 3.41. The number of hydrogen-bond acceptors (Lipinski definition) is 6. The Bertz CT molecular complexity index is 495. The predicted octanol–water partition coefficient (Wildman–Crippen LogP) is 2.79. The Kier molecular flexibility index (Phi) is 5.32. The van der Waals surface area contributed by atoms with E-state index in [9.17, 15) is 10.1 Å². The van der Waals surface area contributed by atoms with E-state index in [1.807, 2.05) is 13.8 Å². The molecule has 1 aromatic heterocycles. The zero-order chi connectivity index (χ0) is 15.2. The van der Waals surface area contributed by atoms with Crippen molar-refractivity contribution in [3.8, 4) is 0 Å². The lowest BCUT2D eigenvalue weighted by atomic mass is 10.0. The van der Waals surface area contributed by atoms with Gasteiger partial charge in [0.1, 0.15) is 11.6 Å². The van der Waals surface area contributed by atoms with Crippen LogP contribution in [0.3, 0.4) is 0 Å². The average Bonchev–Trinajstić information content (AvgIpc) is 2.45. The summed E-state index contributed by atoms with van der Waals surface area (Å²) in [6.45, 7) is 5.51. The molecular formula is C14H22N4O3. The quantitative estimate of drug-likeness (QED) is 0.619. The molecule has 2 atom stereocenters. The maximum Gasteiger partial charge on any atom is 0.276 e. The van der Waals surface area contributed by atoms with Gasteiger partial charge in [0.05, 0.1) is 23.2 Å². The van der Waals surface area contributed by atoms with Crippen molar-refractivity contribution >= 4 is 17.3 Å². The first-order valence-electron chi connectivity index (χ1n) is 7.37. The summed E-state index contributed by atoms with van der Waals surface area (Å²) in [5, 5.41) is 17.4. The van der Waals surface area contributed by atoms with Crippen LogP contribution in [0.1, 0.15) is 33.1 Å². The number of aromatic nitrogens is 1. The summed E-state index contributed by atoms with van der Waals surface area (Å²) in [5.41, 5.74) is 0.0474. The van der Waals surface area contributed by atoms with Crippen molar-refractivity contribution < 1.29 is 9.66 Å². The molecule has 2 rings (SSSR count). The minimum atomic E-state index is -0.392. The third-order valence-corrected chi connectivity index (χ3v) is 3.41. The van der Waals surface area contributed by atoms with Crippen LogP contribution in [0, 0.1) is 10.1 Å². The van der Waals surface area contributed by atoms with Crippen molar-refractivity contribution in [2.24, 2.45) is 0 Å². The standard InChI is InChI=1S/C14H22N4O3/c1-3-5-15-13-8-12(18(19)20)9-14(17-13)16-11-4-6-21-10(2)7-11/h8-11H,3-7H2,1-2H3,(H2,15,16,17). The molecule has 116 valence electrons. The highest BCUT2D eigenvalue weighted by Gasteiger charge is 2.20. The molecule has 1 saturated heterocycles. The lowest BCUT2D eigenvalue weighted by Crippen LogP contribution is -2.32. The van der Waals surface area contributed by atoms with Crippen LogP contribution in [0.5, 0.6) is 0 Å². The molecular weight excluding hydrogens is 272 g/mol. The summed E-state index contributed by atoms with van der Waals surface area (Å²) in [5.74, 6) is 1.08. The molecule has 2 heterocycles. The smallest absolute Gasteiger partial charge is 0.276 e. The third kappa shape index (κ3) is 4.56. The van der Waals surface area contributed by atoms with Gasteiger partial charge in [-0.15, -0.1) is 0 Å². The molecule has 1 aromatic rings. The van der Waals surface area contributed by atoms with Crippen LogP contribution in [0.2, 0.25) is 0 Å². The number of anilines is 2. The molecule has 1 fully saturated rings. The summed E-state index contributed by atoms with van der Waals surface area (Å²) in [4.78, 5) is 15.0. The first-order valence-corrected chi connectivity index (χ1v) is 7.37. The van der Waals surface area contributed by atoms with Crippen molar-refractivity contribution in [3.63, 3.8) is 0 Å². The van der Waals surface area contributed by atoms with Crippen molar-refractivity contribution in [1.29, 1.82) is 0 Å². The monoisotopic (exact) mass is 294 g/mol. The van der Waals surface area contributed by atoms with Gasteiger partial charge in [0.15, 0.2) is 0 Å². The molecule has 1 aliphatic heterocycles. The van der Waals surface area contributed by atoms with Crippen molar-refractivity contribution in [2.45, 2.75) is 45.3 Å². The Morgan fingerprint density at radius 2 is 2.24 bits per heavy atom. The average molecular weight is 294 g/mol. The van der Waals surface area contributed by atoms with Gasteiger partial charge < -0.3 is 15.4 Å². The van der Waals surface area contributed by atoms with Crippen LogP contribution in [-0.4, -0.2) is 35.2 Å². The fourth-order valence-electron chi connectivity index (χ4n) is 2.38. The van der Waals surface area contributed by atoms with Crippen molar-refractivity contribution in [1.82, 2.24) is 4.98 Å².